The van der Waals surface area contributed by atoms with Crippen molar-refractivity contribution in [2.75, 3.05) is 12.8 Å². The number of aryl methyl sites for hydroxylation is 1. The Morgan fingerprint density at radius 1 is 1.29 bits per heavy atom. The Kier molecular flexibility index (Phi) is 4.80. The fourth-order valence-electron chi connectivity index (χ4n) is 1.85. The third-order valence-corrected chi connectivity index (χ3v) is 3.18. The van der Waals surface area contributed by atoms with Gasteiger partial charge in [0.1, 0.15) is 12.4 Å². The van der Waals surface area contributed by atoms with E-state index in [1.165, 1.54) is 0 Å². The van der Waals surface area contributed by atoms with Gasteiger partial charge in [0, 0.05) is 28.0 Å². The Hall–Kier alpha value is -2.08. The largest absolute Gasteiger partial charge is 0.497 e. The minimum atomic E-state index is -0.453. The standard InChI is InChI=1S/C15H15BrN2O3/c1-9-3-14(20-2)7-13(18-9)8-21-15(19)10-4-11(16)6-12(17)5-10/h3-7H,8,17H2,1-2H3. The third-order valence-electron chi connectivity index (χ3n) is 2.72. The molecule has 5 nitrogen and oxygen atoms in total. The predicted octanol–water partition coefficient (Wildman–Crippen LogP) is 3.10. The maximum Gasteiger partial charge on any atom is 0.338 e. The Labute approximate surface area is 131 Å². The van der Waals surface area contributed by atoms with Crippen LogP contribution in [0.3, 0.4) is 0 Å². The predicted molar refractivity (Wildman–Crippen MR) is 83.2 cm³/mol. The summed E-state index contributed by atoms with van der Waals surface area (Å²) in [7, 11) is 1.58. The van der Waals surface area contributed by atoms with Crippen molar-refractivity contribution in [1.82, 2.24) is 4.98 Å². The second-order valence-electron chi connectivity index (χ2n) is 4.49. The first-order valence-corrected chi connectivity index (χ1v) is 7.02. The molecule has 110 valence electrons. The maximum absolute atomic E-state index is 12.0. The van der Waals surface area contributed by atoms with Crippen LogP contribution in [0.1, 0.15) is 21.7 Å². The SMILES string of the molecule is COc1cc(C)nc(COC(=O)c2cc(N)cc(Br)c2)c1. The Morgan fingerprint density at radius 3 is 2.71 bits per heavy atom. The lowest BCUT2D eigenvalue weighted by Gasteiger charge is -2.08. The number of anilines is 1. The van der Waals surface area contributed by atoms with Crippen LogP contribution in [0.15, 0.2) is 34.8 Å². The molecule has 0 amide bonds. The number of methoxy groups -OCH3 is 1. The van der Waals surface area contributed by atoms with Crippen LogP contribution < -0.4 is 10.5 Å². The molecule has 0 aliphatic rings. The molecule has 0 bridgehead atoms. The highest BCUT2D eigenvalue weighted by atomic mass is 79.9. The Balaban J connectivity index is 2.08. The van der Waals surface area contributed by atoms with Crippen molar-refractivity contribution in [2.24, 2.45) is 0 Å². The number of hydrogen-bond donors (Lipinski definition) is 1. The van der Waals surface area contributed by atoms with Gasteiger partial charge in [0.05, 0.1) is 18.4 Å². The van der Waals surface area contributed by atoms with Crippen LogP contribution in [0.5, 0.6) is 5.75 Å². The number of rotatable bonds is 4. The second-order valence-corrected chi connectivity index (χ2v) is 5.40. The lowest BCUT2D eigenvalue weighted by molar-refractivity contribution is 0.0467. The molecule has 0 radical (unpaired) electrons. The number of nitrogen functional groups attached to an aromatic ring is 1. The van der Waals surface area contributed by atoms with E-state index in [2.05, 4.69) is 20.9 Å². The van der Waals surface area contributed by atoms with Crippen LogP contribution in [0, 0.1) is 6.92 Å². The molecule has 2 N–H and O–H groups in total. The summed E-state index contributed by atoms with van der Waals surface area (Å²) >= 11 is 3.29. The van der Waals surface area contributed by atoms with Crippen molar-refractivity contribution in [2.45, 2.75) is 13.5 Å². The highest BCUT2D eigenvalue weighted by Crippen LogP contribution is 2.19. The molecule has 1 aromatic heterocycles. The Morgan fingerprint density at radius 2 is 2.05 bits per heavy atom. The minimum Gasteiger partial charge on any atom is -0.497 e. The minimum absolute atomic E-state index is 0.0727. The van der Waals surface area contributed by atoms with Gasteiger partial charge in [0.25, 0.3) is 0 Å². The average Bonchev–Trinajstić information content (AvgIpc) is 2.43. The third kappa shape index (κ3) is 4.19. The second kappa shape index (κ2) is 6.58. The number of nitrogens with zero attached hydrogens (tertiary/aromatic N) is 1. The van der Waals surface area contributed by atoms with E-state index in [4.69, 9.17) is 15.2 Å². The van der Waals surface area contributed by atoms with E-state index in [-0.39, 0.29) is 6.61 Å². The molecule has 0 saturated heterocycles. The van der Waals surface area contributed by atoms with Gasteiger partial charge in [-0.25, -0.2) is 4.79 Å². The summed E-state index contributed by atoms with van der Waals surface area (Å²) < 4.78 is 11.1. The first-order valence-electron chi connectivity index (χ1n) is 6.22. The van der Waals surface area contributed by atoms with E-state index in [1.807, 2.05) is 6.92 Å². The smallest absolute Gasteiger partial charge is 0.338 e. The van der Waals surface area contributed by atoms with E-state index < -0.39 is 5.97 Å². The fourth-order valence-corrected chi connectivity index (χ4v) is 2.36. The van der Waals surface area contributed by atoms with E-state index in [0.29, 0.717) is 22.7 Å². The van der Waals surface area contributed by atoms with Crippen molar-refractivity contribution in [3.8, 4) is 5.75 Å². The van der Waals surface area contributed by atoms with Crippen LogP contribution in [0.25, 0.3) is 0 Å². The van der Waals surface area contributed by atoms with E-state index in [1.54, 1.807) is 37.4 Å². The molecular weight excluding hydrogens is 336 g/mol. The summed E-state index contributed by atoms with van der Waals surface area (Å²) in [6, 6.07) is 8.47. The number of ether oxygens (including phenoxy) is 2. The van der Waals surface area contributed by atoms with E-state index >= 15 is 0 Å². The molecule has 0 aliphatic heterocycles. The number of carbonyl (C=O) groups excluding carboxylic acids is 1. The number of nitrogens with two attached hydrogens (primary N) is 1. The molecule has 1 aromatic carbocycles. The van der Waals surface area contributed by atoms with Gasteiger partial charge in [0.2, 0.25) is 0 Å². The van der Waals surface area contributed by atoms with Gasteiger partial charge < -0.3 is 15.2 Å². The van der Waals surface area contributed by atoms with Gasteiger partial charge in [-0.15, -0.1) is 0 Å². The number of pyridine rings is 1. The van der Waals surface area contributed by atoms with Gasteiger partial charge in [-0.1, -0.05) is 15.9 Å². The summed E-state index contributed by atoms with van der Waals surface area (Å²) in [5.74, 6) is 0.227. The van der Waals surface area contributed by atoms with Crippen molar-refractivity contribution < 1.29 is 14.3 Å². The van der Waals surface area contributed by atoms with E-state index in [0.717, 1.165) is 10.2 Å². The molecule has 21 heavy (non-hydrogen) atoms. The normalized spacial score (nSPS) is 10.2. The molecule has 0 aliphatic carbocycles. The molecule has 0 fully saturated rings. The van der Waals surface area contributed by atoms with Gasteiger partial charge in [0.15, 0.2) is 0 Å². The van der Waals surface area contributed by atoms with Gasteiger partial charge in [-0.2, -0.15) is 0 Å². The highest BCUT2D eigenvalue weighted by Gasteiger charge is 2.10. The summed E-state index contributed by atoms with van der Waals surface area (Å²) in [4.78, 5) is 16.3. The first-order chi connectivity index (χ1) is 9.97. The number of carbonyl (C=O) groups is 1. The molecule has 0 unspecified atom stereocenters. The summed E-state index contributed by atoms with van der Waals surface area (Å²) in [5, 5.41) is 0. The monoisotopic (exact) mass is 350 g/mol. The summed E-state index contributed by atoms with van der Waals surface area (Å²) in [6.45, 7) is 1.92. The van der Waals surface area contributed by atoms with Crippen molar-refractivity contribution in [3.05, 3.63) is 51.8 Å². The number of hydrogen-bond acceptors (Lipinski definition) is 5. The zero-order chi connectivity index (χ0) is 15.4. The molecule has 0 spiro atoms. The number of benzene rings is 1. The molecule has 2 aromatic rings. The molecule has 0 atom stereocenters. The van der Waals surface area contributed by atoms with Crippen LogP contribution in [-0.2, 0) is 11.3 Å². The first kappa shape index (κ1) is 15.3. The fraction of sp³-hybridized carbons (Fsp3) is 0.200. The number of aromatic nitrogens is 1. The molecule has 2 rings (SSSR count). The summed E-state index contributed by atoms with van der Waals surface area (Å²) in [5.41, 5.74) is 8.00. The number of esters is 1. The maximum atomic E-state index is 12.0. The van der Waals surface area contributed by atoms with Gasteiger partial charge in [-0.3, -0.25) is 4.98 Å². The molecule has 1 heterocycles. The zero-order valence-corrected chi connectivity index (χ0v) is 13.3. The zero-order valence-electron chi connectivity index (χ0n) is 11.7. The topological polar surface area (TPSA) is 74.4 Å². The average molecular weight is 351 g/mol. The van der Waals surface area contributed by atoms with Crippen LogP contribution in [0.2, 0.25) is 0 Å². The van der Waals surface area contributed by atoms with Crippen LogP contribution in [0.4, 0.5) is 5.69 Å². The number of halogens is 1. The quantitative estimate of drug-likeness (QED) is 0.677. The van der Waals surface area contributed by atoms with Gasteiger partial charge >= 0.3 is 5.97 Å². The molecule has 0 saturated carbocycles. The highest BCUT2D eigenvalue weighted by molar-refractivity contribution is 9.10. The van der Waals surface area contributed by atoms with E-state index in [9.17, 15) is 4.79 Å². The van der Waals surface area contributed by atoms with Crippen LogP contribution in [-0.4, -0.2) is 18.1 Å². The van der Waals surface area contributed by atoms with Crippen molar-refractivity contribution in [1.29, 1.82) is 0 Å². The summed E-state index contributed by atoms with van der Waals surface area (Å²) in [6.07, 6.45) is 0. The Bertz CT molecular complexity index is 654. The van der Waals surface area contributed by atoms with Gasteiger partial charge in [-0.05, 0) is 25.1 Å². The lowest BCUT2D eigenvalue weighted by atomic mass is 10.2. The molecule has 6 heteroatoms. The van der Waals surface area contributed by atoms with Crippen LogP contribution >= 0.6 is 15.9 Å². The lowest BCUT2D eigenvalue weighted by Crippen LogP contribution is -2.07. The van der Waals surface area contributed by atoms with Crippen molar-refractivity contribution in [3.63, 3.8) is 0 Å². The molecular formula is C15H15BrN2O3. The van der Waals surface area contributed by atoms with Crippen molar-refractivity contribution >= 4 is 27.6 Å².